The highest BCUT2D eigenvalue weighted by Crippen LogP contribution is 2.08. The predicted molar refractivity (Wildman–Crippen MR) is 71.1 cm³/mol. The van der Waals surface area contributed by atoms with Crippen molar-refractivity contribution in [1.29, 1.82) is 0 Å². The zero-order chi connectivity index (χ0) is 13.7. The number of amides is 2. The Labute approximate surface area is 111 Å². The third-order valence-corrected chi connectivity index (χ3v) is 3.04. The molecular formula is C13H17N3O3. The number of aliphatic carboxylic acids is 1. The first-order chi connectivity index (χ1) is 9.15. The summed E-state index contributed by atoms with van der Waals surface area (Å²) in [5.74, 6) is -0.831. The molecule has 0 radical (unpaired) electrons. The fourth-order valence-electron chi connectivity index (χ4n) is 2.02. The van der Waals surface area contributed by atoms with Gasteiger partial charge in [-0.15, -0.1) is 0 Å². The highest BCUT2D eigenvalue weighted by atomic mass is 16.4. The maximum atomic E-state index is 12.0. The van der Waals surface area contributed by atoms with Crippen molar-refractivity contribution in [2.24, 2.45) is 0 Å². The van der Waals surface area contributed by atoms with Crippen molar-refractivity contribution in [3.63, 3.8) is 0 Å². The van der Waals surface area contributed by atoms with Gasteiger partial charge < -0.3 is 15.3 Å². The third-order valence-electron chi connectivity index (χ3n) is 3.04. The van der Waals surface area contributed by atoms with E-state index < -0.39 is 5.97 Å². The summed E-state index contributed by atoms with van der Waals surface area (Å²) in [5, 5.41) is 11.5. The Balaban J connectivity index is 1.81. The SMILES string of the molecule is O=C(O)CN1CCN(C(=O)Nc2ccccc2)CC1. The van der Waals surface area contributed by atoms with E-state index >= 15 is 0 Å². The second-order valence-electron chi connectivity index (χ2n) is 4.45. The molecule has 102 valence electrons. The summed E-state index contributed by atoms with van der Waals surface area (Å²) in [6, 6.07) is 9.14. The number of rotatable bonds is 3. The van der Waals surface area contributed by atoms with Crippen molar-refractivity contribution in [1.82, 2.24) is 9.80 Å². The third kappa shape index (κ3) is 3.96. The molecule has 0 atom stereocenters. The normalized spacial score (nSPS) is 16.1. The van der Waals surface area contributed by atoms with E-state index in [-0.39, 0.29) is 12.6 Å². The van der Waals surface area contributed by atoms with Crippen molar-refractivity contribution < 1.29 is 14.7 Å². The smallest absolute Gasteiger partial charge is 0.321 e. The van der Waals surface area contributed by atoms with Crippen LogP contribution in [0.4, 0.5) is 10.5 Å². The minimum absolute atomic E-state index is 0.0359. The number of nitrogens with one attached hydrogen (secondary N) is 1. The van der Waals surface area contributed by atoms with Crippen LogP contribution in [0, 0.1) is 0 Å². The van der Waals surface area contributed by atoms with Gasteiger partial charge in [-0.1, -0.05) is 18.2 Å². The molecule has 0 saturated carbocycles. The molecule has 1 aliphatic rings. The van der Waals surface area contributed by atoms with Crippen LogP contribution in [0.3, 0.4) is 0 Å². The number of anilines is 1. The fourth-order valence-corrected chi connectivity index (χ4v) is 2.02. The number of carboxylic acids is 1. The molecule has 2 rings (SSSR count). The lowest BCUT2D eigenvalue weighted by Crippen LogP contribution is -2.51. The van der Waals surface area contributed by atoms with E-state index in [1.165, 1.54) is 0 Å². The first kappa shape index (κ1) is 13.4. The second kappa shape index (κ2) is 6.19. The zero-order valence-electron chi connectivity index (χ0n) is 10.6. The van der Waals surface area contributed by atoms with Gasteiger partial charge >= 0.3 is 12.0 Å². The van der Waals surface area contributed by atoms with Crippen LogP contribution in [-0.2, 0) is 4.79 Å². The maximum absolute atomic E-state index is 12.0. The number of urea groups is 1. The summed E-state index contributed by atoms with van der Waals surface area (Å²) >= 11 is 0. The van der Waals surface area contributed by atoms with Gasteiger partial charge in [-0.3, -0.25) is 9.69 Å². The summed E-state index contributed by atoms with van der Waals surface area (Å²) in [6.07, 6.45) is 0. The quantitative estimate of drug-likeness (QED) is 0.850. The average molecular weight is 263 g/mol. The molecule has 0 unspecified atom stereocenters. The number of carbonyl (C=O) groups excluding carboxylic acids is 1. The minimum Gasteiger partial charge on any atom is -0.480 e. The Morgan fingerprint density at radius 2 is 1.74 bits per heavy atom. The van der Waals surface area contributed by atoms with Crippen LogP contribution in [0.5, 0.6) is 0 Å². The van der Waals surface area contributed by atoms with Crippen molar-refractivity contribution in [3.05, 3.63) is 30.3 Å². The highest BCUT2D eigenvalue weighted by molar-refractivity contribution is 5.89. The Bertz CT molecular complexity index is 442. The number of piperazine rings is 1. The van der Waals surface area contributed by atoms with Crippen molar-refractivity contribution in [2.45, 2.75) is 0 Å². The average Bonchev–Trinajstić information content (AvgIpc) is 2.40. The van der Waals surface area contributed by atoms with Gasteiger partial charge in [0.15, 0.2) is 0 Å². The summed E-state index contributed by atoms with van der Waals surface area (Å²) in [7, 11) is 0. The van der Waals surface area contributed by atoms with E-state index in [9.17, 15) is 9.59 Å². The highest BCUT2D eigenvalue weighted by Gasteiger charge is 2.22. The van der Waals surface area contributed by atoms with E-state index in [4.69, 9.17) is 5.11 Å². The molecule has 19 heavy (non-hydrogen) atoms. The number of nitrogens with zero attached hydrogens (tertiary/aromatic N) is 2. The Morgan fingerprint density at radius 1 is 1.11 bits per heavy atom. The number of benzene rings is 1. The molecule has 1 fully saturated rings. The van der Waals surface area contributed by atoms with Crippen LogP contribution < -0.4 is 5.32 Å². The summed E-state index contributed by atoms with van der Waals surface area (Å²) in [5.41, 5.74) is 0.764. The van der Waals surface area contributed by atoms with Crippen LogP contribution in [0.25, 0.3) is 0 Å². The number of carboxylic acid groups (broad SMARTS) is 1. The fraction of sp³-hybridized carbons (Fsp3) is 0.385. The van der Waals surface area contributed by atoms with E-state index in [0.717, 1.165) is 5.69 Å². The standard InChI is InChI=1S/C13H17N3O3/c17-12(18)10-15-6-8-16(9-7-15)13(19)14-11-4-2-1-3-5-11/h1-5H,6-10H2,(H,14,19)(H,17,18). The summed E-state index contributed by atoms with van der Waals surface area (Å²) < 4.78 is 0. The lowest BCUT2D eigenvalue weighted by atomic mass is 10.3. The summed E-state index contributed by atoms with van der Waals surface area (Å²) in [6.45, 7) is 2.31. The van der Waals surface area contributed by atoms with E-state index in [2.05, 4.69) is 5.32 Å². The van der Waals surface area contributed by atoms with E-state index in [0.29, 0.717) is 26.2 Å². The van der Waals surface area contributed by atoms with Gasteiger partial charge in [0.1, 0.15) is 0 Å². The molecule has 1 aliphatic heterocycles. The maximum Gasteiger partial charge on any atom is 0.321 e. The molecule has 6 heteroatoms. The van der Waals surface area contributed by atoms with Gasteiger partial charge in [-0.25, -0.2) is 4.79 Å². The molecule has 0 aliphatic carbocycles. The molecule has 2 amide bonds. The van der Waals surface area contributed by atoms with Gasteiger partial charge in [0.05, 0.1) is 6.54 Å². The zero-order valence-corrected chi connectivity index (χ0v) is 10.6. The molecule has 1 aromatic carbocycles. The van der Waals surface area contributed by atoms with Crippen LogP contribution in [0.1, 0.15) is 0 Å². The molecular weight excluding hydrogens is 246 g/mol. The van der Waals surface area contributed by atoms with Gasteiger partial charge in [0, 0.05) is 31.9 Å². The Morgan fingerprint density at radius 3 is 2.32 bits per heavy atom. The number of para-hydroxylation sites is 1. The molecule has 1 saturated heterocycles. The minimum atomic E-state index is -0.831. The van der Waals surface area contributed by atoms with Crippen LogP contribution in [0.15, 0.2) is 30.3 Å². The molecule has 1 aromatic rings. The summed E-state index contributed by atoms with van der Waals surface area (Å²) in [4.78, 5) is 26.1. The molecule has 2 N–H and O–H groups in total. The van der Waals surface area contributed by atoms with E-state index in [1.54, 1.807) is 4.90 Å². The van der Waals surface area contributed by atoms with Gasteiger partial charge in [-0.2, -0.15) is 0 Å². The predicted octanol–water partition coefficient (Wildman–Crippen LogP) is 0.921. The number of carbonyl (C=O) groups is 2. The van der Waals surface area contributed by atoms with Crippen molar-refractivity contribution in [2.75, 3.05) is 38.0 Å². The first-order valence-electron chi connectivity index (χ1n) is 6.20. The molecule has 0 bridgehead atoms. The Kier molecular flexibility index (Phi) is 4.35. The van der Waals surface area contributed by atoms with Crippen molar-refractivity contribution >= 4 is 17.7 Å². The number of hydrogen-bond acceptors (Lipinski definition) is 3. The van der Waals surface area contributed by atoms with Crippen LogP contribution in [0.2, 0.25) is 0 Å². The van der Waals surface area contributed by atoms with Crippen molar-refractivity contribution in [3.8, 4) is 0 Å². The number of hydrogen-bond donors (Lipinski definition) is 2. The largest absolute Gasteiger partial charge is 0.480 e. The Hall–Kier alpha value is -2.08. The van der Waals surface area contributed by atoms with Gasteiger partial charge in [0.2, 0.25) is 0 Å². The second-order valence-corrected chi connectivity index (χ2v) is 4.45. The van der Waals surface area contributed by atoms with Crippen LogP contribution >= 0.6 is 0 Å². The van der Waals surface area contributed by atoms with Gasteiger partial charge in [-0.05, 0) is 12.1 Å². The monoisotopic (exact) mass is 263 g/mol. The lowest BCUT2D eigenvalue weighted by molar-refractivity contribution is -0.138. The topological polar surface area (TPSA) is 72.9 Å². The first-order valence-corrected chi connectivity index (χ1v) is 6.20. The van der Waals surface area contributed by atoms with Gasteiger partial charge in [0.25, 0.3) is 0 Å². The molecule has 1 heterocycles. The molecule has 0 aromatic heterocycles. The molecule has 6 nitrogen and oxygen atoms in total. The lowest BCUT2D eigenvalue weighted by Gasteiger charge is -2.33. The molecule has 0 spiro atoms. The van der Waals surface area contributed by atoms with Crippen LogP contribution in [-0.4, -0.2) is 59.6 Å². The van der Waals surface area contributed by atoms with E-state index in [1.807, 2.05) is 35.2 Å².